The molecule has 32 heavy (non-hydrogen) atoms. The molecule has 1 amide bonds. The summed E-state index contributed by atoms with van der Waals surface area (Å²) in [6.07, 6.45) is 1.61. The summed E-state index contributed by atoms with van der Waals surface area (Å²) in [5.74, 6) is 1.35. The second-order valence-electron chi connectivity index (χ2n) is 7.64. The molecule has 3 aromatic rings. The molecule has 0 N–H and O–H groups in total. The molecule has 1 atom stereocenters. The normalized spacial score (nSPS) is 17.3. The van der Waals surface area contributed by atoms with E-state index in [2.05, 4.69) is 10.2 Å². The standard InChI is InChI=1S/C23H21N3O6/c1-29-23(28)17-7-3-2-6-16(17)22(27)26-10-4-5-15(12-26)21-25-24-20(32-21)14-8-9-18-19(11-14)31-13-30-18/h2-3,6-9,11,15H,4-5,10,12-13H2,1H3/t15-/m0/s1. The number of esters is 1. The van der Waals surface area contributed by atoms with Crippen LogP contribution in [0.5, 0.6) is 11.5 Å². The maximum absolute atomic E-state index is 13.2. The first-order chi connectivity index (χ1) is 15.6. The number of piperidine rings is 1. The van der Waals surface area contributed by atoms with Gasteiger partial charge in [0.05, 0.1) is 24.2 Å². The Labute approximate surface area is 183 Å². The summed E-state index contributed by atoms with van der Waals surface area (Å²) in [6, 6.07) is 12.1. The van der Waals surface area contributed by atoms with Crippen molar-refractivity contribution >= 4 is 11.9 Å². The molecule has 0 unspecified atom stereocenters. The molecule has 2 aliphatic heterocycles. The van der Waals surface area contributed by atoms with Crippen molar-refractivity contribution < 1.29 is 28.2 Å². The molecule has 0 saturated carbocycles. The van der Waals surface area contributed by atoms with Gasteiger partial charge in [-0.1, -0.05) is 12.1 Å². The zero-order chi connectivity index (χ0) is 22.1. The summed E-state index contributed by atoms with van der Waals surface area (Å²) in [6.45, 7) is 1.21. The lowest BCUT2D eigenvalue weighted by Gasteiger charge is -2.31. The van der Waals surface area contributed by atoms with Crippen LogP contribution in [0.25, 0.3) is 11.5 Å². The summed E-state index contributed by atoms with van der Waals surface area (Å²) in [5, 5.41) is 8.42. The topological polar surface area (TPSA) is 104 Å². The number of methoxy groups -OCH3 is 1. The second kappa shape index (κ2) is 8.33. The van der Waals surface area contributed by atoms with Crippen molar-refractivity contribution in [2.24, 2.45) is 0 Å². The quantitative estimate of drug-likeness (QED) is 0.575. The van der Waals surface area contributed by atoms with E-state index < -0.39 is 5.97 Å². The highest BCUT2D eigenvalue weighted by atomic mass is 16.7. The number of ether oxygens (including phenoxy) is 3. The SMILES string of the molecule is COC(=O)c1ccccc1C(=O)N1CCC[C@H](c2nnc(-c3ccc4c(c3)OCO4)o2)C1. The summed E-state index contributed by atoms with van der Waals surface area (Å²) in [5.41, 5.74) is 1.32. The van der Waals surface area contributed by atoms with Crippen LogP contribution in [-0.4, -0.2) is 54.0 Å². The van der Waals surface area contributed by atoms with E-state index >= 15 is 0 Å². The van der Waals surface area contributed by atoms with Gasteiger partial charge in [-0.05, 0) is 43.2 Å². The number of carbonyl (C=O) groups excluding carboxylic acids is 2. The van der Waals surface area contributed by atoms with Gasteiger partial charge in [0.15, 0.2) is 11.5 Å². The van der Waals surface area contributed by atoms with E-state index in [4.69, 9.17) is 18.6 Å². The molecular weight excluding hydrogens is 414 g/mol. The average molecular weight is 435 g/mol. The van der Waals surface area contributed by atoms with Gasteiger partial charge < -0.3 is 23.5 Å². The molecule has 0 aliphatic carbocycles. The molecule has 9 heteroatoms. The van der Waals surface area contributed by atoms with Crippen LogP contribution in [0.3, 0.4) is 0 Å². The molecular formula is C23H21N3O6. The molecule has 2 aliphatic rings. The van der Waals surface area contributed by atoms with Gasteiger partial charge in [-0.15, -0.1) is 10.2 Å². The van der Waals surface area contributed by atoms with Crippen LogP contribution in [0.1, 0.15) is 45.4 Å². The predicted octanol–water partition coefficient (Wildman–Crippen LogP) is 3.27. The predicted molar refractivity (Wildman–Crippen MR) is 112 cm³/mol. The Kier molecular flexibility index (Phi) is 5.22. The minimum Gasteiger partial charge on any atom is -0.465 e. The van der Waals surface area contributed by atoms with Crippen molar-refractivity contribution in [2.45, 2.75) is 18.8 Å². The monoisotopic (exact) mass is 435 g/mol. The van der Waals surface area contributed by atoms with Gasteiger partial charge in [-0.3, -0.25) is 4.79 Å². The smallest absolute Gasteiger partial charge is 0.338 e. The fourth-order valence-electron chi connectivity index (χ4n) is 4.04. The molecule has 0 bridgehead atoms. The van der Waals surface area contributed by atoms with E-state index in [-0.39, 0.29) is 24.2 Å². The van der Waals surface area contributed by atoms with E-state index in [1.54, 1.807) is 41.3 Å². The third kappa shape index (κ3) is 3.66. The number of likely N-dealkylation sites (tertiary alicyclic amines) is 1. The van der Waals surface area contributed by atoms with Gasteiger partial charge in [0.1, 0.15) is 0 Å². The molecule has 5 rings (SSSR count). The van der Waals surface area contributed by atoms with Crippen LogP contribution in [0, 0.1) is 0 Å². The molecule has 164 valence electrons. The van der Waals surface area contributed by atoms with Crippen molar-refractivity contribution in [1.29, 1.82) is 0 Å². The van der Waals surface area contributed by atoms with Gasteiger partial charge in [-0.2, -0.15) is 0 Å². The van der Waals surface area contributed by atoms with Crippen LogP contribution >= 0.6 is 0 Å². The molecule has 9 nitrogen and oxygen atoms in total. The first-order valence-electron chi connectivity index (χ1n) is 10.3. The number of benzene rings is 2. The minimum atomic E-state index is -0.534. The van der Waals surface area contributed by atoms with E-state index in [0.717, 1.165) is 18.4 Å². The number of hydrogen-bond donors (Lipinski definition) is 0. The van der Waals surface area contributed by atoms with E-state index in [1.165, 1.54) is 7.11 Å². The number of carbonyl (C=O) groups is 2. The third-order valence-corrected chi connectivity index (χ3v) is 5.68. The number of hydrogen-bond acceptors (Lipinski definition) is 8. The zero-order valence-electron chi connectivity index (χ0n) is 17.4. The minimum absolute atomic E-state index is 0.0896. The summed E-state index contributed by atoms with van der Waals surface area (Å²) < 4.78 is 21.5. The Morgan fingerprint density at radius 1 is 1.06 bits per heavy atom. The van der Waals surface area contributed by atoms with Gasteiger partial charge >= 0.3 is 5.97 Å². The van der Waals surface area contributed by atoms with E-state index in [9.17, 15) is 9.59 Å². The highest BCUT2D eigenvalue weighted by Gasteiger charge is 2.31. The van der Waals surface area contributed by atoms with Crippen LogP contribution in [0.4, 0.5) is 0 Å². The zero-order valence-corrected chi connectivity index (χ0v) is 17.4. The Bertz CT molecular complexity index is 1170. The van der Waals surface area contributed by atoms with Crippen molar-refractivity contribution in [3.63, 3.8) is 0 Å². The lowest BCUT2D eigenvalue weighted by Crippen LogP contribution is -2.39. The maximum Gasteiger partial charge on any atom is 0.338 e. The van der Waals surface area contributed by atoms with Crippen molar-refractivity contribution in [2.75, 3.05) is 27.0 Å². The molecule has 1 fully saturated rings. The average Bonchev–Trinajstić information content (AvgIpc) is 3.52. The Morgan fingerprint density at radius 3 is 2.72 bits per heavy atom. The van der Waals surface area contributed by atoms with Crippen LogP contribution in [0.15, 0.2) is 46.9 Å². The summed E-state index contributed by atoms with van der Waals surface area (Å²) in [7, 11) is 1.30. The fourth-order valence-corrected chi connectivity index (χ4v) is 4.04. The second-order valence-corrected chi connectivity index (χ2v) is 7.64. The molecule has 0 radical (unpaired) electrons. The number of amides is 1. The molecule has 0 spiro atoms. The van der Waals surface area contributed by atoms with Crippen LogP contribution < -0.4 is 9.47 Å². The van der Waals surface area contributed by atoms with Gasteiger partial charge in [0, 0.05) is 18.7 Å². The largest absolute Gasteiger partial charge is 0.465 e. The lowest BCUT2D eigenvalue weighted by atomic mass is 9.96. The summed E-state index contributed by atoms with van der Waals surface area (Å²) in [4.78, 5) is 27.0. The molecule has 2 aromatic carbocycles. The first kappa shape index (κ1) is 20.0. The fraction of sp³-hybridized carbons (Fsp3) is 0.304. The van der Waals surface area contributed by atoms with E-state index in [1.807, 2.05) is 6.07 Å². The first-order valence-corrected chi connectivity index (χ1v) is 10.3. The molecule has 1 saturated heterocycles. The van der Waals surface area contributed by atoms with Crippen LogP contribution in [-0.2, 0) is 4.74 Å². The highest BCUT2D eigenvalue weighted by molar-refractivity contribution is 6.05. The molecule has 3 heterocycles. The number of aromatic nitrogens is 2. The van der Waals surface area contributed by atoms with Crippen molar-refractivity contribution in [3.8, 4) is 23.0 Å². The number of rotatable bonds is 4. The highest BCUT2D eigenvalue weighted by Crippen LogP contribution is 2.36. The summed E-state index contributed by atoms with van der Waals surface area (Å²) >= 11 is 0. The van der Waals surface area contributed by atoms with Crippen molar-refractivity contribution in [1.82, 2.24) is 15.1 Å². The van der Waals surface area contributed by atoms with E-state index in [0.29, 0.717) is 41.9 Å². The Hall–Kier alpha value is -3.88. The molecule has 1 aromatic heterocycles. The van der Waals surface area contributed by atoms with Gasteiger partial charge in [0.2, 0.25) is 18.6 Å². The van der Waals surface area contributed by atoms with Gasteiger partial charge in [0.25, 0.3) is 5.91 Å². The van der Waals surface area contributed by atoms with Crippen molar-refractivity contribution in [3.05, 3.63) is 59.5 Å². The number of nitrogens with zero attached hydrogens (tertiary/aromatic N) is 3. The van der Waals surface area contributed by atoms with Gasteiger partial charge in [-0.25, -0.2) is 4.79 Å². The maximum atomic E-state index is 13.2. The lowest BCUT2D eigenvalue weighted by molar-refractivity contribution is 0.0585. The Balaban J connectivity index is 1.34. The van der Waals surface area contributed by atoms with Crippen LogP contribution in [0.2, 0.25) is 0 Å². The Morgan fingerprint density at radius 2 is 1.88 bits per heavy atom. The third-order valence-electron chi connectivity index (χ3n) is 5.68. The number of fused-ring (bicyclic) bond motifs is 1.